The average Bonchev–Trinajstić information content (AvgIpc) is 2.36. The van der Waals surface area contributed by atoms with Gasteiger partial charge in [-0.15, -0.1) is 0 Å². The van der Waals surface area contributed by atoms with Gasteiger partial charge in [0, 0.05) is 18.5 Å². The van der Waals surface area contributed by atoms with Gasteiger partial charge in [-0.2, -0.15) is 0 Å². The zero-order valence-corrected chi connectivity index (χ0v) is 9.80. The molecule has 2 aromatic rings. The Morgan fingerprint density at radius 2 is 2.06 bits per heavy atom. The van der Waals surface area contributed by atoms with Crippen molar-refractivity contribution in [1.82, 2.24) is 4.98 Å². The summed E-state index contributed by atoms with van der Waals surface area (Å²) in [6.45, 7) is 3.41. The van der Waals surface area contributed by atoms with Gasteiger partial charge < -0.3 is 15.1 Å². The van der Waals surface area contributed by atoms with E-state index in [4.69, 9.17) is 5.11 Å². The Morgan fingerprint density at radius 3 is 2.76 bits per heavy atom. The van der Waals surface area contributed by atoms with E-state index in [9.17, 15) is 5.11 Å². The van der Waals surface area contributed by atoms with Gasteiger partial charge in [-0.1, -0.05) is 12.1 Å². The van der Waals surface area contributed by atoms with Crippen molar-refractivity contribution in [3.8, 4) is 5.75 Å². The van der Waals surface area contributed by atoms with E-state index in [0.29, 0.717) is 12.1 Å². The standard InChI is InChI=1S/C13H16N2O2/c1-2-15(8-9-16)12-7-6-10-4-3-5-11(17)13(10)14-12/h3-7,16-17H,2,8-9H2,1H3. The topological polar surface area (TPSA) is 56.6 Å². The Labute approximate surface area is 100 Å². The van der Waals surface area contributed by atoms with Crippen molar-refractivity contribution in [2.75, 3.05) is 24.6 Å². The maximum Gasteiger partial charge on any atom is 0.141 e. The molecule has 0 atom stereocenters. The van der Waals surface area contributed by atoms with Crippen molar-refractivity contribution >= 4 is 16.7 Å². The number of aliphatic hydroxyl groups is 1. The number of aliphatic hydroxyl groups excluding tert-OH is 1. The largest absolute Gasteiger partial charge is 0.506 e. The van der Waals surface area contributed by atoms with E-state index >= 15 is 0 Å². The number of benzene rings is 1. The molecule has 2 N–H and O–H groups in total. The lowest BCUT2D eigenvalue weighted by Crippen LogP contribution is -2.26. The second-order valence-electron chi connectivity index (χ2n) is 3.82. The second kappa shape index (κ2) is 5.01. The van der Waals surface area contributed by atoms with Crippen molar-refractivity contribution in [2.45, 2.75) is 6.92 Å². The minimum atomic E-state index is 0.0916. The molecule has 17 heavy (non-hydrogen) atoms. The maximum absolute atomic E-state index is 9.75. The van der Waals surface area contributed by atoms with E-state index in [1.165, 1.54) is 0 Å². The number of para-hydroxylation sites is 1. The lowest BCUT2D eigenvalue weighted by atomic mass is 10.2. The predicted molar refractivity (Wildman–Crippen MR) is 68.4 cm³/mol. The monoisotopic (exact) mass is 232 g/mol. The summed E-state index contributed by atoms with van der Waals surface area (Å²) in [5, 5.41) is 19.6. The first kappa shape index (κ1) is 11.7. The minimum absolute atomic E-state index is 0.0916. The third-order valence-corrected chi connectivity index (χ3v) is 2.76. The highest BCUT2D eigenvalue weighted by atomic mass is 16.3. The number of anilines is 1. The molecule has 0 amide bonds. The Bertz CT molecular complexity index is 514. The number of phenolic OH excluding ortho intramolecular Hbond substituents is 1. The van der Waals surface area contributed by atoms with Gasteiger partial charge in [-0.05, 0) is 25.1 Å². The summed E-state index contributed by atoms with van der Waals surface area (Å²) in [7, 11) is 0. The maximum atomic E-state index is 9.75. The summed E-state index contributed by atoms with van der Waals surface area (Å²) in [5.41, 5.74) is 0.599. The van der Waals surface area contributed by atoms with Crippen LogP contribution >= 0.6 is 0 Å². The number of likely N-dealkylation sites (N-methyl/N-ethyl adjacent to an activating group) is 1. The molecule has 0 spiro atoms. The van der Waals surface area contributed by atoms with E-state index in [0.717, 1.165) is 17.7 Å². The van der Waals surface area contributed by atoms with Crippen LogP contribution in [0.2, 0.25) is 0 Å². The first-order valence-corrected chi connectivity index (χ1v) is 5.70. The predicted octanol–water partition coefficient (Wildman–Crippen LogP) is 1.76. The van der Waals surface area contributed by atoms with Crippen LogP contribution in [0.15, 0.2) is 30.3 Å². The van der Waals surface area contributed by atoms with Gasteiger partial charge in [0.15, 0.2) is 0 Å². The Balaban J connectivity index is 2.46. The fourth-order valence-electron chi connectivity index (χ4n) is 1.85. The second-order valence-corrected chi connectivity index (χ2v) is 3.82. The quantitative estimate of drug-likeness (QED) is 0.843. The lowest BCUT2D eigenvalue weighted by Gasteiger charge is -2.21. The summed E-state index contributed by atoms with van der Waals surface area (Å²) in [5.74, 6) is 0.958. The molecule has 1 aromatic heterocycles. The Morgan fingerprint density at radius 1 is 1.24 bits per heavy atom. The third-order valence-electron chi connectivity index (χ3n) is 2.76. The molecular formula is C13H16N2O2. The first-order chi connectivity index (χ1) is 8.26. The molecule has 0 radical (unpaired) electrons. The van der Waals surface area contributed by atoms with Crippen molar-refractivity contribution < 1.29 is 10.2 Å². The first-order valence-electron chi connectivity index (χ1n) is 5.70. The fourth-order valence-corrected chi connectivity index (χ4v) is 1.85. The summed E-state index contributed by atoms with van der Waals surface area (Å²) in [6, 6.07) is 9.16. The average molecular weight is 232 g/mol. The number of hydrogen-bond acceptors (Lipinski definition) is 4. The van der Waals surface area contributed by atoms with Crippen LogP contribution in [-0.4, -0.2) is 34.9 Å². The van der Waals surface area contributed by atoms with E-state index in [1.54, 1.807) is 12.1 Å². The third kappa shape index (κ3) is 2.31. The van der Waals surface area contributed by atoms with E-state index in [1.807, 2.05) is 30.0 Å². The summed E-state index contributed by atoms with van der Waals surface area (Å²) in [6.07, 6.45) is 0. The smallest absolute Gasteiger partial charge is 0.141 e. The number of aromatic hydroxyl groups is 1. The van der Waals surface area contributed by atoms with Gasteiger partial charge in [-0.25, -0.2) is 4.98 Å². The zero-order valence-electron chi connectivity index (χ0n) is 9.80. The van der Waals surface area contributed by atoms with Crippen molar-refractivity contribution in [2.24, 2.45) is 0 Å². The number of hydrogen-bond donors (Lipinski definition) is 2. The van der Waals surface area contributed by atoms with Gasteiger partial charge in [0.2, 0.25) is 0 Å². The Kier molecular flexibility index (Phi) is 3.44. The van der Waals surface area contributed by atoms with Crippen LogP contribution in [-0.2, 0) is 0 Å². The number of fused-ring (bicyclic) bond motifs is 1. The summed E-state index contributed by atoms with van der Waals surface area (Å²) >= 11 is 0. The van der Waals surface area contributed by atoms with Crippen LogP contribution in [0.4, 0.5) is 5.82 Å². The van der Waals surface area contributed by atoms with E-state index < -0.39 is 0 Å². The molecule has 2 rings (SSSR count). The number of rotatable bonds is 4. The van der Waals surface area contributed by atoms with Gasteiger partial charge in [-0.3, -0.25) is 0 Å². The lowest BCUT2D eigenvalue weighted by molar-refractivity contribution is 0.302. The molecule has 0 saturated carbocycles. The number of pyridine rings is 1. The molecule has 0 fully saturated rings. The van der Waals surface area contributed by atoms with E-state index in [-0.39, 0.29) is 12.4 Å². The fraction of sp³-hybridized carbons (Fsp3) is 0.308. The number of nitrogens with zero attached hydrogens (tertiary/aromatic N) is 2. The van der Waals surface area contributed by atoms with Gasteiger partial charge in [0.1, 0.15) is 17.1 Å². The van der Waals surface area contributed by atoms with Crippen LogP contribution in [0.3, 0.4) is 0 Å². The molecule has 90 valence electrons. The highest BCUT2D eigenvalue weighted by molar-refractivity contribution is 5.85. The number of aromatic nitrogens is 1. The SMILES string of the molecule is CCN(CCO)c1ccc2cccc(O)c2n1. The molecule has 0 aliphatic carbocycles. The van der Waals surface area contributed by atoms with Crippen LogP contribution in [0, 0.1) is 0 Å². The molecule has 0 aliphatic rings. The molecule has 1 aromatic carbocycles. The zero-order chi connectivity index (χ0) is 12.3. The summed E-state index contributed by atoms with van der Waals surface area (Å²) in [4.78, 5) is 6.39. The van der Waals surface area contributed by atoms with Crippen LogP contribution in [0.5, 0.6) is 5.75 Å². The Hall–Kier alpha value is -1.81. The van der Waals surface area contributed by atoms with Crippen LogP contribution in [0.1, 0.15) is 6.92 Å². The highest BCUT2D eigenvalue weighted by Crippen LogP contribution is 2.24. The van der Waals surface area contributed by atoms with Crippen LogP contribution in [0.25, 0.3) is 10.9 Å². The van der Waals surface area contributed by atoms with Gasteiger partial charge in [0.05, 0.1) is 6.61 Å². The van der Waals surface area contributed by atoms with Crippen molar-refractivity contribution in [3.05, 3.63) is 30.3 Å². The van der Waals surface area contributed by atoms with Gasteiger partial charge in [0.25, 0.3) is 0 Å². The molecule has 0 unspecified atom stereocenters. The molecule has 0 bridgehead atoms. The van der Waals surface area contributed by atoms with E-state index in [2.05, 4.69) is 4.98 Å². The molecule has 0 aliphatic heterocycles. The minimum Gasteiger partial charge on any atom is -0.506 e. The molecule has 1 heterocycles. The van der Waals surface area contributed by atoms with Crippen LogP contribution < -0.4 is 4.90 Å². The summed E-state index contributed by atoms with van der Waals surface area (Å²) < 4.78 is 0. The normalized spacial score (nSPS) is 10.7. The van der Waals surface area contributed by atoms with Crippen molar-refractivity contribution in [3.63, 3.8) is 0 Å². The molecule has 4 nitrogen and oxygen atoms in total. The van der Waals surface area contributed by atoms with Crippen molar-refractivity contribution in [1.29, 1.82) is 0 Å². The highest BCUT2D eigenvalue weighted by Gasteiger charge is 2.07. The molecule has 4 heteroatoms. The number of phenols is 1. The molecule has 0 saturated heterocycles. The van der Waals surface area contributed by atoms with Gasteiger partial charge >= 0.3 is 0 Å². The molecular weight excluding hydrogens is 216 g/mol.